The molecule has 2 nitrogen and oxygen atoms in total. The van der Waals surface area contributed by atoms with Crippen molar-refractivity contribution in [3.8, 4) is 0 Å². The van der Waals surface area contributed by atoms with Crippen molar-refractivity contribution in [3.63, 3.8) is 0 Å². The van der Waals surface area contributed by atoms with Crippen LogP contribution in [0.25, 0.3) is 0 Å². The summed E-state index contributed by atoms with van der Waals surface area (Å²) in [7, 11) is -1.85. The molecule has 0 saturated carbocycles. The van der Waals surface area contributed by atoms with Crippen molar-refractivity contribution in [2.24, 2.45) is 0 Å². The number of carbonyl (C=O) groups is 1. The van der Waals surface area contributed by atoms with Crippen LogP contribution in [-0.2, 0) is 11.2 Å². The normalized spacial score (nSPS) is 12.8. The van der Waals surface area contributed by atoms with Crippen molar-refractivity contribution in [2.75, 3.05) is 0 Å². The van der Waals surface area contributed by atoms with E-state index in [-0.39, 0.29) is 0 Å². The van der Waals surface area contributed by atoms with E-state index < -0.39 is 14.0 Å². The molecule has 0 radical (unpaired) electrons. The number of carboxylic acid groups (broad SMARTS) is 1. The van der Waals surface area contributed by atoms with E-state index >= 15 is 0 Å². The van der Waals surface area contributed by atoms with Crippen molar-refractivity contribution in [1.82, 2.24) is 0 Å². The lowest BCUT2D eigenvalue weighted by atomic mass is 10.1. The number of carboxylic acids is 1. The third-order valence-electron chi connectivity index (χ3n) is 3.29. The Balaban J connectivity index is 3.20. The second-order valence-corrected chi connectivity index (χ2v) is 9.45. The molecule has 0 heterocycles. The highest BCUT2D eigenvalue weighted by Gasteiger charge is 2.26. The molecule has 0 unspecified atom stereocenters. The van der Waals surface area contributed by atoms with Crippen LogP contribution < -0.4 is 0 Å². The molecule has 1 N–H and O–H groups in total. The summed E-state index contributed by atoms with van der Waals surface area (Å²) in [5.41, 5.74) is 3.56. The molecule has 0 aliphatic rings. The molecule has 0 saturated heterocycles. The molecule has 18 heavy (non-hydrogen) atoms. The molecular formula is C15H20O2Si. The molecule has 0 fully saturated rings. The Morgan fingerprint density at radius 3 is 2.33 bits per heavy atom. The Bertz CT molecular complexity index is 473. The Labute approximate surface area is 110 Å². The van der Waals surface area contributed by atoms with Crippen LogP contribution in [0.4, 0.5) is 0 Å². The zero-order valence-electron chi connectivity index (χ0n) is 11.2. The molecular weight excluding hydrogens is 240 g/mol. The summed E-state index contributed by atoms with van der Waals surface area (Å²) in [6.07, 6.45) is 0.699. The smallest absolute Gasteiger partial charge is 0.330 e. The minimum absolute atomic E-state index is 0.468. The monoisotopic (exact) mass is 260 g/mol. The first-order chi connectivity index (χ1) is 8.38. The highest BCUT2D eigenvalue weighted by Crippen LogP contribution is 2.24. The third-order valence-corrected chi connectivity index (χ3v) is 6.41. The number of aliphatic carboxylic acids is 1. The Morgan fingerprint density at radius 1 is 1.33 bits per heavy atom. The van der Waals surface area contributed by atoms with Gasteiger partial charge in [0.25, 0.3) is 0 Å². The average molecular weight is 260 g/mol. The summed E-state index contributed by atoms with van der Waals surface area (Å²) in [5, 5.41) is 10.3. The zero-order chi connectivity index (χ0) is 13.8. The van der Waals surface area contributed by atoms with Gasteiger partial charge in [0.2, 0.25) is 0 Å². The van der Waals surface area contributed by atoms with Gasteiger partial charge in [-0.05, 0) is 18.9 Å². The maximum Gasteiger partial charge on any atom is 0.330 e. The zero-order valence-corrected chi connectivity index (χ0v) is 12.2. The molecule has 1 aromatic carbocycles. The molecule has 0 aliphatic carbocycles. The summed E-state index contributed by atoms with van der Waals surface area (Å²) in [4.78, 5) is 11.2. The number of hydrogen-bond donors (Lipinski definition) is 1. The van der Waals surface area contributed by atoms with Crippen molar-refractivity contribution < 1.29 is 9.90 Å². The molecule has 1 aromatic rings. The van der Waals surface area contributed by atoms with Gasteiger partial charge in [0.1, 0.15) is 0 Å². The van der Waals surface area contributed by atoms with E-state index in [0.29, 0.717) is 12.0 Å². The summed E-state index contributed by atoms with van der Waals surface area (Å²) in [6.45, 7) is 9.82. The Morgan fingerprint density at radius 2 is 1.89 bits per heavy atom. The van der Waals surface area contributed by atoms with Gasteiger partial charge < -0.3 is 5.11 Å². The maximum absolute atomic E-state index is 11.2. The van der Waals surface area contributed by atoms with Crippen molar-refractivity contribution in [2.45, 2.75) is 26.4 Å². The number of rotatable bonds is 5. The first-order valence-electron chi connectivity index (χ1n) is 5.99. The molecule has 0 atom stereocenters. The summed E-state index contributed by atoms with van der Waals surface area (Å²) in [5.74, 6) is -0.830. The predicted molar refractivity (Wildman–Crippen MR) is 78.2 cm³/mol. The van der Waals surface area contributed by atoms with Crippen LogP contribution in [0, 0.1) is 0 Å². The number of benzene rings is 1. The highest BCUT2D eigenvalue weighted by atomic mass is 28.3. The quantitative estimate of drug-likeness (QED) is 0.648. The Kier molecular flexibility index (Phi) is 4.67. The minimum atomic E-state index is -1.85. The van der Waals surface area contributed by atoms with E-state index in [1.54, 1.807) is 6.92 Å². The van der Waals surface area contributed by atoms with Gasteiger partial charge in [0.15, 0.2) is 0 Å². The van der Waals surface area contributed by atoms with Gasteiger partial charge in [-0.3, -0.25) is 0 Å². The van der Waals surface area contributed by atoms with Gasteiger partial charge in [-0.2, -0.15) is 0 Å². The van der Waals surface area contributed by atoms with Crippen molar-refractivity contribution in [3.05, 3.63) is 58.9 Å². The summed E-state index contributed by atoms with van der Waals surface area (Å²) >= 11 is 0. The number of hydrogen-bond acceptors (Lipinski definition) is 1. The second kappa shape index (κ2) is 5.82. The molecule has 0 spiro atoms. The van der Waals surface area contributed by atoms with Crippen molar-refractivity contribution in [1.29, 1.82) is 0 Å². The molecule has 96 valence electrons. The number of allylic oxidation sites excluding steroid dienone is 1. The van der Waals surface area contributed by atoms with E-state index in [1.807, 2.05) is 36.0 Å². The lowest BCUT2D eigenvalue weighted by Gasteiger charge is -2.24. The molecule has 0 bridgehead atoms. The fraction of sp³-hybridized carbons (Fsp3) is 0.267. The van der Waals surface area contributed by atoms with Crippen LogP contribution >= 0.6 is 0 Å². The third kappa shape index (κ3) is 3.44. The molecule has 0 aromatic heterocycles. The van der Waals surface area contributed by atoms with E-state index in [4.69, 9.17) is 0 Å². The van der Waals surface area contributed by atoms with E-state index in [9.17, 15) is 9.90 Å². The SMILES string of the molecule is C=C[Si](C)(C)/C(Cc1ccccc1)=C(/C)C(=O)O. The maximum atomic E-state index is 11.2. The van der Waals surface area contributed by atoms with Gasteiger partial charge in [0.05, 0.1) is 8.07 Å². The fourth-order valence-electron chi connectivity index (χ4n) is 1.90. The summed E-state index contributed by atoms with van der Waals surface area (Å²) in [6, 6.07) is 9.98. The van der Waals surface area contributed by atoms with E-state index in [1.165, 1.54) is 0 Å². The van der Waals surface area contributed by atoms with Crippen LogP contribution in [0.15, 0.2) is 53.4 Å². The second-order valence-electron chi connectivity index (χ2n) is 5.00. The molecule has 0 amide bonds. The fourth-order valence-corrected chi connectivity index (χ4v) is 3.88. The van der Waals surface area contributed by atoms with Crippen LogP contribution in [-0.4, -0.2) is 19.1 Å². The predicted octanol–water partition coefficient (Wildman–Crippen LogP) is 3.60. The minimum Gasteiger partial charge on any atom is -0.478 e. The van der Waals surface area contributed by atoms with Crippen molar-refractivity contribution >= 4 is 14.0 Å². The van der Waals surface area contributed by atoms with Gasteiger partial charge >= 0.3 is 5.97 Å². The van der Waals surface area contributed by atoms with E-state index in [2.05, 4.69) is 19.7 Å². The van der Waals surface area contributed by atoms with Crippen LogP contribution in [0.3, 0.4) is 0 Å². The molecule has 0 aliphatic heterocycles. The molecule has 3 heteroatoms. The standard InChI is InChI=1S/C15H20O2Si/c1-5-18(3,4)14(12(2)15(16)17)11-13-9-7-6-8-10-13/h5-10H,1,11H2,2-4H3,(H,16,17)/b14-12-. The topological polar surface area (TPSA) is 37.3 Å². The first kappa shape index (κ1) is 14.4. The van der Waals surface area contributed by atoms with Crippen LogP contribution in [0.1, 0.15) is 12.5 Å². The van der Waals surface area contributed by atoms with E-state index in [0.717, 1.165) is 10.8 Å². The van der Waals surface area contributed by atoms with Gasteiger partial charge in [-0.15, -0.1) is 6.58 Å². The van der Waals surface area contributed by atoms with Crippen LogP contribution in [0.5, 0.6) is 0 Å². The molecule has 1 rings (SSSR count). The lowest BCUT2D eigenvalue weighted by molar-refractivity contribution is -0.132. The summed E-state index contributed by atoms with van der Waals surface area (Å²) < 4.78 is 0. The average Bonchev–Trinajstić information content (AvgIpc) is 2.36. The lowest BCUT2D eigenvalue weighted by Crippen LogP contribution is -2.30. The first-order valence-corrected chi connectivity index (χ1v) is 9.07. The highest BCUT2D eigenvalue weighted by molar-refractivity contribution is 6.89. The Hall–Kier alpha value is -1.61. The van der Waals surface area contributed by atoms with Crippen LogP contribution in [0.2, 0.25) is 13.1 Å². The van der Waals surface area contributed by atoms with Gasteiger partial charge in [-0.25, -0.2) is 4.79 Å². The van der Waals surface area contributed by atoms with Gasteiger partial charge in [0, 0.05) is 5.57 Å². The largest absolute Gasteiger partial charge is 0.478 e. The van der Waals surface area contributed by atoms with Gasteiger partial charge in [-0.1, -0.05) is 54.3 Å².